The number of nitrogen functional groups attached to an aromatic ring is 1. The Morgan fingerprint density at radius 1 is 1.19 bits per heavy atom. The van der Waals surface area contributed by atoms with Crippen LogP contribution in [0.3, 0.4) is 0 Å². The van der Waals surface area contributed by atoms with Crippen LogP contribution in [-0.4, -0.2) is 54.9 Å². The highest BCUT2D eigenvalue weighted by Crippen LogP contribution is 2.44. The average Bonchev–Trinajstić information content (AvgIpc) is 2.84. The molecule has 1 fully saturated rings. The smallest absolute Gasteiger partial charge is 0.410 e. The number of piperazine rings is 1. The molecular formula is C26H26ClF2N5O3. The minimum absolute atomic E-state index is 0.0601. The summed E-state index contributed by atoms with van der Waals surface area (Å²) in [5.41, 5.74) is 5.33. The summed E-state index contributed by atoms with van der Waals surface area (Å²) < 4.78 is 41.5. The maximum Gasteiger partial charge on any atom is 0.410 e. The van der Waals surface area contributed by atoms with Crippen molar-refractivity contribution in [3.8, 4) is 22.9 Å². The molecule has 0 atom stereocenters. The number of hydrogen-bond acceptors (Lipinski definition) is 7. The zero-order valence-electron chi connectivity index (χ0n) is 20.9. The Balaban J connectivity index is 1.82. The van der Waals surface area contributed by atoms with Gasteiger partial charge in [0.25, 0.3) is 0 Å². The number of carbonyl (C=O) groups excluding carboxylic acids is 1. The highest BCUT2D eigenvalue weighted by atomic mass is 35.5. The molecule has 2 heterocycles. The maximum atomic E-state index is 16.0. The molecule has 1 aliphatic rings. The highest BCUT2D eigenvalue weighted by molar-refractivity contribution is 6.34. The van der Waals surface area contributed by atoms with Gasteiger partial charge in [-0.1, -0.05) is 17.7 Å². The largest absolute Gasteiger partial charge is 0.496 e. The number of amides is 1. The number of carbonyl (C=O) groups is 1. The fourth-order valence-electron chi connectivity index (χ4n) is 4.35. The molecule has 1 amide bonds. The molecule has 2 N–H and O–H groups in total. The van der Waals surface area contributed by atoms with Gasteiger partial charge in [-0.3, -0.25) is 0 Å². The van der Waals surface area contributed by atoms with Gasteiger partial charge in [0.1, 0.15) is 40.1 Å². The lowest BCUT2D eigenvalue weighted by molar-refractivity contribution is 0.0240. The van der Waals surface area contributed by atoms with Gasteiger partial charge in [-0.15, -0.1) is 0 Å². The second-order valence-corrected chi connectivity index (χ2v) is 9.95. The monoisotopic (exact) mass is 529 g/mol. The third-order valence-electron chi connectivity index (χ3n) is 5.98. The predicted octanol–water partition coefficient (Wildman–Crippen LogP) is 5.35. The quantitative estimate of drug-likeness (QED) is 0.487. The van der Waals surface area contributed by atoms with Crippen molar-refractivity contribution in [3.05, 3.63) is 46.5 Å². The van der Waals surface area contributed by atoms with Crippen molar-refractivity contribution in [1.29, 1.82) is 5.26 Å². The van der Waals surface area contributed by atoms with E-state index >= 15 is 4.39 Å². The Morgan fingerprint density at radius 3 is 2.46 bits per heavy atom. The molecule has 0 aliphatic carbocycles. The second kappa shape index (κ2) is 9.90. The van der Waals surface area contributed by atoms with Crippen molar-refractivity contribution in [2.45, 2.75) is 26.4 Å². The van der Waals surface area contributed by atoms with E-state index in [2.05, 4.69) is 11.1 Å². The first-order valence-electron chi connectivity index (χ1n) is 11.5. The Morgan fingerprint density at radius 2 is 1.86 bits per heavy atom. The summed E-state index contributed by atoms with van der Waals surface area (Å²) in [6.45, 7) is 6.64. The van der Waals surface area contributed by atoms with E-state index in [1.807, 2.05) is 4.90 Å². The van der Waals surface area contributed by atoms with Gasteiger partial charge >= 0.3 is 6.09 Å². The molecular weight excluding hydrogens is 504 g/mol. The lowest BCUT2D eigenvalue weighted by atomic mass is 9.98. The zero-order valence-corrected chi connectivity index (χ0v) is 21.6. The molecule has 11 heteroatoms. The number of aromatic nitrogens is 1. The fourth-order valence-corrected chi connectivity index (χ4v) is 4.64. The van der Waals surface area contributed by atoms with E-state index in [1.54, 1.807) is 25.7 Å². The van der Waals surface area contributed by atoms with Crippen molar-refractivity contribution >= 4 is 40.1 Å². The molecule has 1 aromatic heterocycles. The molecule has 0 radical (unpaired) electrons. The average molecular weight is 530 g/mol. The van der Waals surface area contributed by atoms with E-state index in [0.29, 0.717) is 31.9 Å². The summed E-state index contributed by atoms with van der Waals surface area (Å²) in [4.78, 5) is 20.0. The maximum absolute atomic E-state index is 16.0. The number of halogens is 3. The Hall–Kier alpha value is -3.84. The Kier molecular flexibility index (Phi) is 7.02. The summed E-state index contributed by atoms with van der Waals surface area (Å²) >= 11 is 6.52. The van der Waals surface area contributed by atoms with Crippen molar-refractivity contribution in [2.24, 2.45) is 0 Å². The normalized spacial score (nSPS) is 14.0. The van der Waals surface area contributed by atoms with Crippen molar-refractivity contribution in [2.75, 3.05) is 43.9 Å². The van der Waals surface area contributed by atoms with Crippen molar-refractivity contribution < 1.29 is 23.0 Å². The minimum Gasteiger partial charge on any atom is -0.496 e. The topological polar surface area (TPSA) is 105 Å². The summed E-state index contributed by atoms with van der Waals surface area (Å²) in [5.74, 6) is -1.69. The van der Waals surface area contributed by atoms with Crippen molar-refractivity contribution in [1.82, 2.24) is 9.88 Å². The Labute approximate surface area is 218 Å². The number of nitrogens with zero attached hydrogens (tertiary/aromatic N) is 4. The molecule has 0 saturated carbocycles. The summed E-state index contributed by atoms with van der Waals surface area (Å²) in [6.07, 6.45) is -0.440. The molecule has 37 heavy (non-hydrogen) atoms. The van der Waals surface area contributed by atoms with Crippen LogP contribution >= 0.6 is 11.6 Å². The first-order valence-corrected chi connectivity index (χ1v) is 11.9. The van der Waals surface area contributed by atoms with Crippen molar-refractivity contribution in [3.63, 3.8) is 0 Å². The highest BCUT2D eigenvalue weighted by Gasteiger charge is 2.30. The molecule has 8 nitrogen and oxygen atoms in total. The molecule has 0 unspecified atom stereocenters. The fraction of sp³-hybridized carbons (Fsp3) is 0.346. The van der Waals surface area contributed by atoms with Gasteiger partial charge in [0.05, 0.1) is 23.4 Å². The van der Waals surface area contributed by atoms with Crippen LogP contribution in [0.15, 0.2) is 24.3 Å². The first-order chi connectivity index (χ1) is 17.5. The molecule has 3 aromatic rings. The van der Waals surface area contributed by atoms with Gasteiger partial charge in [-0.25, -0.2) is 18.6 Å². The molecule has 194 valence electrons. The number of nitriles is 1. The summed E-state index contributed by atoms with van der Waals surface area (Å²) in [6, 6.07) is 7.61. The number of ether oxygens (including phenoxy) is 2. The van der Waals surface area contributed by atoms with Crippen LogP contribution in [0.1, 0.15) is 26.3 Å². The van der Waals surface area contributed by atoms with Gasteiger partial charge in [-0.05, 0) is 39.0 Å². The van der Waals surface area contributed by atoms with E-state index in [1.165, 1.54) is 31.4 Å². The first kappa shape index (κ1) is 26.2. The number of anilines is 2. The number of pyridine rings is 1. The molecule has 0 bridgehead atoms. The number of benzene rings is 2. The summed E-state index contributed by atoms with van der Waals surface area (Å²) in [5, 5.41) is 10.0. The minimum atomic E-state index is -0.893. The number of methoxy groups -OCH3 is 1. The third-order valence-corrected chi connectivity index (χ3v) is 6.28. The van der Waals surface area contributed by atoms with E-state index in [4.69, 9.17) is 26.8 Å². The SMILES string of the molecule is COc1cccc(F)c1-c1c(Cl)cc2c(N3CCN(C(=O)OC(C)(C)C)CC3)c(C#N)c(N)nc2c1F. The van der Waals surface area contributed by atoms with Crippen LogP contribution in [0.4, 0.5) is 25.1 Å². The van der Waals surface area contributed by atoms with Crippen LogP contribution in [-0.2, 0) is 4.74 Å². The lowest BCUT2D eigenvalue weighted by Gasteiger charge is -2.37. The standard InChI is InChI=1S/C26H26ClF2N5O3/c1-26(2,3)37-25(35)34-10-8-33(9-11-34)23-14-12-16(27)19(20-17(28)6-5-7-18(20)36-4)21(29)22(14)32-24(31)15(23)13-30/h5-7,12H,8-11H2,1-4H3,(H2,31,32). The van der Waals surface area contributed by atoms with Crippen LogP contribution in [0, 0.1) is 23.0 Å². The molecule has 1 saturated heterocycles. The van der Waals surface area contributed by atoms with Crippen LogP contribution in [0.25, 0.3) is 22.0 Å². The molecule has 0 spiro atoms. The predicted molar refractivity (Wildman–Crippen MR) is 138 cm³/mol. The number of fused-ring (bicyclic) bond motifs is 1. The number of hydrogen-bond donors (Lipinski definition) is 1. The van der Waals surface area contributed by atoms with Gasteiger partial charge < -0.3 is 25.0 Å². The number of rotatable bonds is 3. The van der Waals surface area contributed by atoms with E-state index < -0.39 is 23.3 Å². The third kappa shape index (κ3) is 4.91. The second-order valence-electron chi connectivity index (χ2n) is 9.55. The van der Waals surface area contributed by atoms with Crippen LogP contribution < -0.4 is 15.4 Å². The van der Waals surface area contributed by atoms with Crippen LogP contribution in [0.2, 0.25) is 5.02 Å². The molecule has 1 aliphatic heterocycles. The van der Waals surface area contributed by atoms with Crippen LogP contribution in [0.5, 0.6) is 5.75 Å². The van der Waals surface area contributed by atoms with Gasteiger partial charge in [0.15, 0.2) is 5.82 Å². The number of nitrogens with two attached hydrogens (primary N) is 1. The lowest BCUT2D eigenvalue weighted by Crippen LogP contribution is -2.50. The molecule has 2 aromatic carbocycles. The van der Waals surface area contributed by atoms with Gasteiger partial charge in [0, 0.05) is 37.1 Å². The van der Waals surface area contributed by atoms with E-state index in [0.717, 1.165) is 0 Å². The Bertz CT molecular complexity index is 1430. The van der Waals surface area contributed by atoms with E-state index in [9.17, 15) is 14.4 Å². The van der Waals surface area contributed by atoms with Gasteiger partial charge in [0.2, 0.25) is 0 Å². The van der Waals surface area contributed by atoms with E-state index in [-0.39, 0.29) is 44.2 Å². The van der Waals surface area contributed by atoms with Gasteiger partial charge in [-0.2, -0.15) is 5.26 Å². The molecule has 4 rings (SSSR count). The zero-order chi connectivity index (χ0) is 27.1. The summed E-state index contributed by atoms with van der Waals surface area (Å²) in [7, 11) is 1.34.